The van der Waals surface area contributed by atoms with Crippen molar-refractivity contribution < 1.29 is 33.8 Å². The lowest BCUT2D eigenvalue weighted by Crippen LogP contribution is -2.51. The quantitative estimate of drug-likeness (QED) is 0.526. The van der Waals surface area contributed by atoms with E-state index in [0.29, 0.717) is 11.1 Å². The van der Waals surface area contributed by atoms with Crippen LogP contribution < -0.4 is 0 Å². The molecule has 2 aromatic carbocycles. The average molecular weight is 496 g/mol. The zero-order valence-corrected chi connectivity index (χ0v) is 21.3. The van der Waals surface area contributed by atoms with Crippen LogP contribution in [0.5, 0.6) is 0 Å². The second-order valence-corrected chi connectivity index (χ2v) is 10.3. The Kier molecular flexibility index (Phi) is 7.86. The van der Waals surface area contributed by atoms with Crippen molar-refractivity contribution in [2.45, 2.75) is 64.7 Å². The predicted molar refractivity (Wildman–Crippen MR) is 132 cm³/mol. The lowest BCUT2D eigenvalue weighted by Gasteiger charge is -2.38. The Hall–Kier alpha value is -3.68. The Morgan fingerprint density at radius 2 is 1.47 bits per heavy atom. The van der Waals surface area contributed by atoms with E-state index in [-0.39, 0.29) is 5.92 Å². The molecule has 8 heteroatoms. The molecule has 2 amide bonds. The number of cyclic esters (lactones) is 1. The minimum absolute atomic E-state index is 0.271. The molecule has 36 heavy (non-hydrogen) atoms. The van der Waals surface area contributed by atoms with Gasteiger partial charge >= 0.3 is 18.0 Å². The van der Waals surface area contributed by atoms with Gasteiger partial charge in [-0.05, 0) is 26.7 Å². The van der Waals surface area contributed by atoms with Crippen LogP contribution in [0.1, 0.15) is 58.6 Å². The number of hydrogen-bond acceptors (Lipinski definition) is 6. The summed E-state index contributed by atoms with van der Waals surface area (Å²) < 4.78 is 11.4. The van der Waals surface area contributed by atoms with E-state index in [1.54, 1.807) is 20.8 Å². The fourth-order valence-corrected chi connectivity index (χ4v) is 4.77. The van der Waals surface area contributed by atoms with Crippen molar-refractivity contribution in [2.24, 2.45) is 11.8 Å². The highest BCUT2D eigenvalue weighted by molar-refractivity contribution is 5.98. The van der Waals surface area contributed by atoms with Gasteiger partial charge in [-0.15, -0.1) is 0 Å². The van der Waals surface area contributed by atoms with Crippen LogP contribution in [0.3, 0.4) is 0 Å². The molecule has 0 radical (unpaired) electrons. The normalized spacial score (nSPS) is 18.0. The number of hydrogen-bond donors (Lipinski definition) is 1. The standard InChI is InChI=1S/C28H33NO7/c1-18(2)24-28(20-12-8-6-9-13-20,21-14-10-7-11-15-21)36-26(34)29(24)25(33)19(16-22(30)31)17-23(32)35-27(3,4)5/h6-15,18-19,24H,16-17H2,1-5H3,(H,30,31)/t19-,24-/m1/s1. The maximum Gasteiger partial charge on any atom is 0.418 e. The van der Waals surface area contributed by atoms with E-state index in [4.69, 9.17) is 9.47 Å². The van der Waals surface area contributed by atoms with Gasteiger partial charge in [0.25, 0.3) is 0 Å². The van der Waals surface area contributed by atoms with Crippen molar-refractivity contribution in [1.29, 1.82) is 0 Å². The summed E-state index contributed by atoms with van der Waals surface area (Å²) >= 11 is 0. The Labute approximate surface area is 211 Å². The summed E-state index contributed by atoms with van der Waals surface area (Å²) in [5.41, 5.74) is -0.763. The Morgan fingerprint density at radius 3 is 1.89 bits per heavy atom. The zero-order chi connectivity index (χ0) is 26.7. The van der Waals surface area contributed by atoms with Gasteiger partial charge in [-0.2, -0.15) is 0 Å². The maximum atomic E-state index is 13.8. The molecule has 192 valence electrons. The topological polar surface area (TPSA) is 110 Å². The number of ether oxygens (including phenoxy) is 2. The highest BCUT2D eigenvalue weighted by Gasteiger charge is 2.60. The lowest BCUT2D eigenvalue weighted by molar-refractivity contribution is -0.159. The van der Waals surface area contributed by atoms with Crippen molar-refractivity contribution in [3.63, 3.8) is 0 Å². The summed E-state index contributed by atoms with van der Waals surface area (Å²) in [5.74, 6) is -4.32. The van der Waals surface area contributed by atoms with Gasteiger partial charge in [0.1, 0.15) is 5.60 Å². The van der Waals surface area contributed by atoms with E-state index in [9.17, 15) is 24.3 Å². The summed E-state index contributed by atoms with van der Waals surface area (Å²) in [6, 6.07) is 17.5. The van der Waals surface area contributed by atoms with Crippen LogP contribution in [0, 0.1) is 11.8 Å². The lowest BCUT2D eigenvalue weighted by atomic mass is 9.75. The first-order valence-corrected chi connectivity index (χ1v) is 12.0. The molecular weight excluding hydrogens is 462 g/mol. The number of imide groups is 1. The highest BCUT2D eigenvalue weighted by Crippen LogP contribution is 2.47. The number of carbonyl (C=O) groups excluding carboxylic acids is 3. The molecule has 1 aliphatic heterocycles. The molecule has 3 rings (SSSR count). The summed E-state index contributed by atoms with van der Waals surface area (Å²) in [6.07, 6.45) is -1.98. The molecule has 2 atom stereocenters. The van der Waals surface area contributed by atoms with Crippen molar-refractivity contribution in [3.8, 4) is 0 Å². The SMILES string of the molecule is CC(C)[C@H]1N(C(=O)[C@H](CC(=O)O)CC(=O)OC(C)(C)C)C(=O)OC1(c1ccccc1)c1ccccc1. The third-order valence-electron chi connectivity index (χ3n) is 6.02. The molecule has 0 aliphatic carbocycles. The van der Waals surface area contributed by atoms with E-state index in [2.05, 4.69) is 0 Å². The van der Waals surface area contributed by atoms with Crippen LogP contribution in [0.4, 0.5) is 4.79 Å². The summed E-state index contributed by atoms with van der Waals surface area (Å²) in [7, 11) is 0. The Bertz CT molecular complexity index is 1070. The molecule has 1 fully saturated rings. The van der Waals surface area contributed by atoms with Crippen LogP contribution in [-0.2, 0) is 29.5 Å². The van der Waals surface area contributed by atoms with Gasteiger partial charge in [0.2, 0.25) is 5.91 Å². The van der Waals surface area contributed by atoms with Crippen LogP contribution in [0.15, 0.2) is 60.7 Å². The van der Waals surface area contributed by atoms with Gasteiger partial charge < -0.3 is 14.6 Å². The monoisotopic (exact) mass is 495 g/mol. The first kappa shape index (κ1) is 26.9. The fraction of sp³-hybridized carbons (Fsp3) is 0.429. The van der Waals surface area contributed by atoms with Gasteiger partial charge in [-0.1, -0.05) is 74.5 Å². The number of rotatable bonds is 8. The molecule has 1 aliphatic rings. The molecule has 0 unspecified atom stereocenters. The van der Waals surface area contributed by atoms with Gasteiger partial charge in [0.15, 0.2) is 5.60 Å². The van der Waals surface area contributed by atoms with E-state index in [1.165, 1.54) is 0 Å². The van der Waals surface area contributed by atoms with Gasteiger partial charge in [-0.25, -0.2) is 9.69 Å². The first-order chi connectivity index (χ1) is 16.9. The first-order valence-electron chi connectivity index (χ1n) is 12.0. The Morgan fingerprint density at radius 1 is 0.972 bits per heavy atom. The number of amides is 2. The average Bonchev–Trinajstić information content (AvgIpc) is 3.12. The summed E-state index contributed by atoms with van der Waals surface area (Å²) in [4.78, 5) is 52.4. The van der Waals surface area contributed by atoms with Crippen LogP contribution >= 0.6 is 0 Å². The van der Waals surface area contributed by atoms with Crippen molar-refractivity contribution in [2.75, 3.05) is 0 Å². The molecule has 8 nitrogen and oxygen atoms in total. The largest absolute Gasteiger partial charge is 0.481 e. The maximum absolute atomic E-state index is 13.8. The minimum Gasteiger partial charge on any atom is -0.481 e. The second-order valence-electron chi connectivity index (χ2n) is 10.3. The number of carboxylic acids is 1. The van der Waals surface area contributed by atoms with E-state index in [1.807, 2.05) is 74.5 Å². The number of carbonyl (C=O) groups is 4. The zero-order valence-electron chi connectivity index (χ0n) is 21.3. The van der Waals surface area contributed by atoms with E-state index >= 15 is 0 Å². The van der Waals surface area contributed by atoms with Crippen LogP contribution in [0.25, 0.3) is 0 Å². The molecule has 1 heterocycles. The van der Waals surface area contributed by atoms with Gasteiger partial charge in [0, 0.05) is 11.1 Å². The van der Waals surface area contributed by atoms with E-state index in [0.717, 1.165) is 4.90 Å². The molecule has 1 N–H and O–H groups in total. The second kappa shape index (κ2) is 10.5. The molecule has 1 saturated heterocycles. The third-order valence-corrected chi connectivity index (χ3v) is 6.02. The van der Waals surface area contributed by atoms with E-state index < -0.39 is 59.9 Å². The molecule has 0 aromatic heterocycles. The van der Waals surface area contributed by atoms with Crippen molar-refractivity contribution >= 4 is 23.9 Å². The summed E-state index contributed by atoms with van der Waals surface area (Å²) in [5, 5.41) is 9.48. The smallest absolute Gasteiger partial charge is 0.418 e. The van der Waals surface area contributed by atoms with Crippen LogP contribution in [0.2, 0.25) is 0 Å². The van der Waals surface area contributed by atoms with Gasteiger partial charge in [-0.3, -0.25) is 14.4 Å². The van der Waals surface area contributed by atoms with Crippen molar-refractivity contribution in [3.05, 3.63) is 71.8 Å². The Balaban J connectivity index is 2.10. The minimum atomic E-state index is -1.32. The fourth-order valence-electron chi connectivity index (χ4n) is 4.77. The number of nitrogens with zero attached hydrogens (tertiary/aromatic N) is 1. The highest BCUT2D eigenvalue weighted by atomic mass is 16.6. The summed E-state index contributed by atoms with van der Waals surface area (Å²) in [6.45, 7) is 8.78. The molecule has 0 bridgehead atoms. The number of benzene rings is 2. The van der Waals surface area contributed by atoms with Crippen LogP contribution in [-0.4, -0.2) is 45.6 Å². The number of esters is 1. The van der Waals surface area contributed by atoms with Crippen molar-refractivity contribution in [1.82, 2.24) is 4.90 Å². The predicted octanol–water partition coefficient (Wildman–Crippen LogP) is 4.76. The molecule has 2 aromatic rings. The van der Waals surface area contributed by atoms with Gasteiger partial charge in [0.05, 0.1) is 24.8 Å². The third kappa shape index (κ3) is 5.58. The number of aliphatic carboxylic acids is 1. The molecule has 0 saturated carbocycles. The molecular formula is C28H33NO7. The number of carboxylic acid groups (broad SMARTS) is 1. The molecule has 0 spiro atoms.